The molecule has 1 atom stereocenters. The van der Waals surface area contributed by atoms with Gasteiger partial charge in [0.2, 0.25) is 5.88 Å². The lowest BCUT2D eigenvalue weighted by atomic mass is 9.76. The van der Waals surface area contributed by atoms with Gasteiger partial charge in [0, 0.05) is 24.2 Å². The molecule has 3 N–H and O–H groups in total. The Bertz CT molecular complexity index is 1420. The average molecular weight is 538 g/mol. The largest absolute Gasteiger partial charge is 0.490 e. The van der Waals surface area contributed by atoms with E-state index < -0.39 is 17.7 Å². The number of aliphatic hydroxyl groups excluding tert-OH is 2. The monoisotopic (exact) mass is 537 g/mol. The normalized spacial score (nSPS) is 22.8. The van der Waals surface area contributed by atoms with E-state index >= 15 is 0 Å². The highest BCUT2D eigenvalue weighted by atomic mass is 16.5. The summed E-state index contributed by atoms with van der Waals surface area (Å²) in [5, 5.41) is 23.9. The van der Waals surface area contributed by atoms with Crippen molar-refractivity contribution >= 4 is 22.7 Å². The van der Waals surface area contributed by atoms with Crippen molar-refractivity contribution in [2.75, 3.05) is 31.7 Å². The topological polar surface area (TPSA) is 148 Å². The fraction of sp³-hybridized carbons (Fsp3) is 0.481. The number of pyridine rings is 3. The molecule has 0 spiro atoms. The number of hydrogen-bond acceptors (Lipinski definition) is 11. The maximum absolute atomic E-state index is 13.0. The SMILES string of the molecule is O=C1CNc2ccc(CN(C(O)Cn3c(=O)ccc4ncc(OCCO)cc43)C34CCC(CC3)OC4)nc2O1. The van der Waals surface area contributed by atoms with Crippen molar-refractivity contribution in [1.82, 2.24) is 19.4 Å². The summed E-state index contributed by atoms with van der Waals surface area (Å²) in [4.78, 5) is 35.7. The van der Waals surface area contributed by atoms with E-state index in [1.165, 1.54) is 16.8 Å². The van der Waals surface area contributed by atoms with E-state index in [9.17, 15) is 14.7 Å². The highest BCUT2D eigenvalue weighted by Crippen LogP contribution is 2.42. The van der Waals surface area contributed by atoms with Crippen LogP contribution in [0.4, 0.5) is 5.69 Å². The molecule has 1 saturated carbocycles. The average Bonchev–Trinajstić information content (AvgIpc) is 2.96. The van der Waals surface area contributed by atoms with E-state index in [1.54, 1.807) is 12.1 Å². The molecule has 206 valence electrons. The smallest absolute Gasteiger partial charge is 0.332 e. The molecule has 6 heterocycles. The van der Waals surface area contributed by atoms with Gasteiger partial charge < -0.3 is 34.3 Å². The molecule has 39 heavy (non-hydrogen) atoms. The first-order valence-corrected chi connectivity index (χ1v) is 13.2. The molecule has 1 unspecified atom stereocenters. The van der Waals surface area contributed by atoms with Crippen molar-refractivity contribution in [3.8, 4) is 11.6 Å². The Morgan fingerprint density at radius 3 is 2.85 bits per heavy atom. The van der Waals surface area contributed by atoms with Crippen LogP contribution < -0.4 is 20.3 Å². The van der Waals surface area contributed by atoms with Crippen LogP contribution in [-0.4, -0.2) is 79.9 Å². The van der Waals surface area contributed by atoms with Gasteiger partial charge in [0.15, 0.2) is 0 Å². The molecule has 3 aromatic heterocycles. The van der Waals surface area contributed by atoms with Crippen LogP contribution in [0.3, 0.4) is 0 Å². The number of fused-ring (bicyclic) bond motifs is 5. The molecule has 7 rings (SSSR count). The van der Waals surface area contributed by atoms with Crippen LogP contribution >= 0.6 is 0 Å². The zero-order valence-corrected chi connectivity index (χ0v) is 21.4. The molecule has 0 radical (unpaired) electrons. The fourth-order valence-corrected chi connectivity index (χ4v) is 5.78. The zero-order chi connectivity index (χ0) is 27.0. The second-order valence-corrected chi connectivity index (χ2v) is 10.3. The van der Waals surface area contributed by atoms with Gasteiger partial charge in [-0.25, -0.2) is 9.78 Å². The lowest BCUT2D eigenvalue weighted by Crippen LogP contribution is -2.62. The minimum absolute atomic E-state index is 0.0199. The van der Waals surface area contributed by atoms with E-state index in [2.05, 4.69) is 15.3 Å². The molecule has 3 aliphatic heterocycles. The first kappa shape index (κ1) is 25.7. The van der Waals surface area contributed by atoms with Crippen LogP contribution in [0.15, 0.2) is 41.3 Å². The van der Waals surface area contributed by atoms with Crippen molar-refractivity contribution in [3.05, 3.63) is 52.6 Å². The van der Waals surface area contributed by atoms with Gasteiger partial charge in [-0.15, -0.1) is 0 Å². The van der Waals surface area contributed by atoms with Crippen LogP contribution in [0.25, 0.3) is 11.0 Å². The van der Waals surface area contributed by atoms with E-state index in [-0.39, 0.29) is 50.4 Å². The molecule has 0 amide bonds. The molecule has 2 saturated heterocycles. The number of aromatic nitrogens is 3. The number of hydrogen-bond donors (Lipinski definition) is 3. The van der Waals surface area contributed by atoms with Gasteiger partial charge >= 0.3 is 5.97 Å². The van der Waals surface area contributed by atoms with Gasteiger partial charge in [-0.2, -0.15) is 0 Å². The number of ether oxygens (including phenoxy) is 3. The molecule has 1 aliphatic carbocycles. The first-order valence-electron chi connectivity index (χ1n) is 13.2. The fourth-order valence-electron chi connectivity index (χ4n) is 5.78. The Morgan fingerprint density at radius 1 is 1.23 bits per heavy atom. The molecule has 3 fully saturated rings. The second-order valence-electron chi connectivity index (χ2n) is 10.3. The summed E-state index contributed by atoms with van der Waals surface area (Å²) < 4.78 is 18.4. The maximum Gasteiger partial charge on any atom is 0.332 e. The predicted octanol–water partition coefficient (Wildman–Crippen LogP) is 1.03. The summed E-state index contributed by atoms with van der Waals surface area (Å²) in [5.41, 5.74) is 1.64. The van der Waals surface area contributed by atoms with Crippen LogP contribution in [0.5, 0.6) is 11.6 Å². The highest BCUT2D eigenvalue weighted by molar-refractivity contribution is 5.82. The third-order valence-electron chi connectivity index (χ3n) is 7.82. The van der Waals surface area contributed by atoms with Gasteiger partial charge in [0.25, 0.3) is 5.56 Å². The Balaban J connectivity index is 1.34. The second kappa shape index (κ2) is 10.5. The standard InChI is InChI=1S/C27H31N5O7/c33-9-10-37-19-11-22-20(28-12-19)3-4-23(34)31(22)15-24(35)32(27-7-5-18(6-8-27)38-16-27)14-17-1-2-21-26(30-17)39-25(36)13-29-21/h1-4,11-12,18,24,29,33,35H,5-10,13-16H2. The lowest BCUT2D eigenvalue weighted by Gasteiger charge is -2.53. The zero-order valence-electron chi connectivity index (χ0n) is 21.4. The Labute approximate surface area is 224 Å². The Hall–Kier alpha value is -3.58. The van der Waals surface area contributed by atoms with E-state index in [0.29, 0.717) is 34.8 Å². The van der Waals surface area contributed by atoms with Crippen molar-refractivity contribution in [2.45, 2.75) is 56.6 Å². The number of rotatable bonds is 9. The van der Waals surface area contributed by atoms with Gasteiger partial charge in [0.05, 0.1) is 54.5 Å². The van der Waals surface area contributed by atoms with Gasteiger partial charge in [-0.05, 0) is 43.9 Å². The van der Waals surface area contributed by atoms with Crippen LogP contribution in [-0.2, 0) is 22.6 Å². The van der Waals surface area contributed by atoms with E-state index in [0.717, 1.165) is 25.7 Å². The van der Waals surface area contributed by atoms with Crippen molar-refractivity contribution < 1.29 is 29.2 Å². The summed E-state index contributed by atoms with van der Waals surface area (Å²) in [7, 11) is 0. The summed E-state index contributed by atoms with van der Waals surface area (Å²) in [6.07, 6.45) is 4.20. The molecule has 2 bridgehead atoms. The van der Waals surface area contributed by atoms with E-state index in [1.807, 2.05) is 17.0 Å². The maximum atomic E-state index is 13.0. The molecule has 3 aromatic rings. The number of nitrogens with zero attached hydrogens (tertiary/aromatic N) is 4. The lowest BCUT2D eigenvalue weighted by molar-refractivity contribution is -0.182. The van der Waals surface area contributed by atoms with Crippen molar-refractivity contribution in [1.29, 1.82) is 0 Å². The summed E-state index contributed by atoms with van der Waals surface area (Å²) >= 11 is 0. The molecule has 4 aliphatic rings. The van der Waals surface area contributed by atoms with Crippen LogP contribution in [0.2, 0.25) is 0 Å². The predicted molar refractivity (Wildman–Crippen MR) is 139 cm³/mol. The third kappa shape index (κ3) is 5.08. The van der Waals surface area contributed by atoms with E-state index in [4.69, 9.17) is 19.3 Å². The molecular formula is C27H31N5O7. The Morgan fingerprint density at radius 2 is 2.08 bits per heavy atom. The number of esters is 1. The summed E-state index contributed by atoms with van der Waals surface area (Å²) in [5.74, 6) is 0.222. The number of aliphatic hydroxyl groups is 2. The quantitative estimate of drug-likeness (QED) is 0.265. The van der Waals surface area contributed by atoms with Crippen molar-refractivity contribution in [2.24, 2.45) is 0 Å². The number of nitrogens with one attached hydrogen (secondary N) is 1. The number of carbonyl (C=O) groups excluding carboxylic acids is 1. The minimum Gasteiger partial charge on any atom is -0.490 e. The summed E-state index contributed by atoms with van der Waals surface area (Å²) in [6.45, 7) is 0.757. The van der Waals surface area contributed by atoms with Gasteiger partial charge in [0.1, 0.15) is 25.1 Å². The minimum atomic E-state index is -1.06. The van der Waals surface area contributed by atoms with Crippen LogP contribution in [0, 0.1) is 0 Å². The van der Waals surface area contributed by atoms with Crippen molar-refractivity contribution in [3.63, 3.8) is 0 Å². The first-order chi connectivity index (χ1) is 18.9. The summed E-state index contributed by atoms with van der Waals surface area (Å²) in [6, 6.07) is 8.41. The molecule has 12 heteroatoms. The number of anilines is 1. The molecule has 0 aromatic carbocycles. The number of carbonyl (C=O) groups is 1. The van der Waals surface area contributed by atoms with Crippen LogP contribution in [0.1, 0.15) is 31.4 Å². The Kier molecular flexibility index (Phi) is 6.94. The highest BCUT2D eigenvalue weighted by Gasteiger charge is 2.47. The molecular weight excluding hydrogens is 506 g/mol. The van der Waals surface area contributed by atoms with Gasteiger partial charge in [-0.3, -0.25) is 14.7 Å². The third-order valence-corrected chi connectivity index (χ3v) is 7.82. The molecule has 12 nitrogen and oxygen atoms in total. The van der Waals surface area contributed by atoms with Gasteiger partial charge in [-0.1, -0.05) is 0 Å².